The van der Waals surface area contributed by atoms with Gasteiger partial charge in [-0.05, 0) is 34.0 Å². The second-order valence-corrected chi connectivity index (χ2v) is 3.47. The van der Waals surface area contributed by atoms with Crippen LogP contribution in [0.15, 0.2) is 22.8 Å². The van der Waals surface area contributed by atoms with Crippen molar-refractivity contribution in [1.29, 1.82) is 0 Å². The topological polar surface area (TPSA) is 12.9 Å². The highest BCUT2D eigenvalue weighted by Gasteiger charge is 1.97. The third-order valence-electron chi connectivity index (χ3n) is 1.34. The lowest BCUT2D eigenvalue weighted by molar-refractivity contribution is 0.822. The summed E-state index contributed by atoms with van der Waals surface area (Å²) < 4.78 is 1.04. The number of nitrogens with zero attached hydrogens (tertiary/aromatic N) is 1. The Morgan fingerprint density at radius 2 is 2.10 bits per heavy atom. The van der Waals surface area contributed by atoms with E-state index in [9.17, 15) is 0 Å². The molecule has 1 rings (SSSR count). The van der Waals surface area contributed by atoms with Crippen molar-refractivity contribution in [3.05, 3.63) is 28.5 Å². The zero-order valence-corrected chi connectivity index (χ0v) is 7.72. The average molecular weight is 202 g/mol. The molecule has 1 heterocycles. The summed E-state index contributed by atoms with van der Waals surface area (Å²) in [5.41, 5.74) is 1.14. The van der Waals surface area contributed by atoms with Crippen LogP contribution in [-0.4, -0.2) is 4.98 Å². The van der Waals surface area contributed by atoms with Crippen LogP contribution >= 0.6 is 15.9 Å². The van der Waals surface area contributed by atoms with Crippen LogP contribution in [0.3, 0.4) is 0 Å². The molecule has 0 aromatic carbocycles. The van der Waals surface area contributed by atoms with Gasteiger partial charge >= 0.3 is 0 Å². The molecule has 1 nitrogen and oxygen atoms in total. The van der Waals surface area contributed by atoms with Gasteiger partial charge in [0.05, 0.1) is 0 Å². The van der Waals surface area contributed by atoms with Crippen LogP contribution in [0.2, 0.25) is 0 Å². The summed E-state index contributed by atoms with van der Waals surface area (Å²) in [5.74, 6) is 0.521. The van der Waals surface area contributed by atoms with Crippen molar-refractivity contribution in [3.8, 4) is 0 Å². The van der Waals surface area contributed by atoms with Crippen molar-refractivity contribution >= 4 is 15.9 Å². The highest BCUT2D eigenvalue weighted by Crippen LogP contribution is 2.13. The number of aromatic nitrogens is 1. The Morgan fingerprint density at radius 3 is 2.50 bits per heavy atom. The Hall–Kier alpha value is -0.370. The normalized spacial score (nSPS) is 10.4. The fourth-order valence-corrected chi connectivity index (χ4v) is 0.963. The van der Waals surface area contributed by atoms with Crippen molar-refractivity contribution in [2.75, 3.05) is 0 Å². The van der Waals surface area contributed by atoms with Gasteiger partial charge in [-0.2, -0.15) is 0 Å². The van der Waals surface area contributed by atoms with Gasteiger partial charge in [-0.25, -0.2) is 0 Å². The van der Waals surface area contributed by atoms with Crippen molar-refractivity contribution in [2.45, 2.75) is 19.8 Å². The fourth-order valence-electron chi connectivity index (χ4n) is 0.729. The molecule has 0 saturated carbocycles. The molecule has 0 N–H and O–H groups in total. The van der Waals surface area contributed by atoms with Crippen LogP contribution in [0.4, 0.5) is 0 Å². The molecule has 0 aliphatic rings. The number of hydrogen-bond donors (Lipinski definition) is 0. The SMILES string of the molecule is C[14CH](C)c1ccc(Br)cn1. The molecule has 10 heavy (non-hydrogen) atoms. The molecule has 1 aromatic rings. The Balaban J connectivity index is 2.89. The summed E-state index contributed by atoms with van der Waals surface area (Å²) in [6.45, 7) is 4.27. The van der Waals surface area contributed by atoms with Crippen molar-refractivity contribution < 1.29 is 0 Å². The molecule has 0 radical (unpaired) electrons. The van der Waals surface area contributed by atoms with Crippen molar-refractivity contribution in [3.63, 3.8) is 0 Å². The van der Waals surface area contributed by atoms with E-state index in [1.54, 1.807) is 0 Å². The van der Waals surface area contributed by atoms with Crippen molar-refractivity contribution in [1.82, 2.24) is 4.98 Å². The number of hydrogen-bond acceptors (Lipinski definition) is 1. The van der Waals surface area contributed by atoms with Crippen LogP contribution in [-0.2, 0) is 0 Å². The van der Waals surface area contributed by atoms with E-state index in [2.05, 4.69) is 34.8 Å². The first kappa shape index (κ1) is 7.73. The zero-order chi connectivity index (χ0) is 7.56. The predicted octanol–water partition coefficient (Wildman–Crippen LogP) is 2.97. The molecular weight excluding hydrogens is 192 g/mol. The van der Waals surface area contributed by atoms with Gasteiger partial charge in [-0.15, -0.1) is 0 Å². The highest BCUT2D eigenvalue weighted by atomic mass is 79.9. The van der Waals surface area contributed by atoms with Gasteiger partial charge in [-0.3, -0.25) is 4.98 Å². The van der Waals surface area contributed by atoms with Crippen LogP contribution in [0.25, 0.3) is 0 Å². The Labute approximate surface area is 69.6 Å². The molecule has 1 aromatic heterocycles. The number of halogens is 1. The van der Waals surface area contributed by atoms with E-state index < -0.39 is 0 Å². The molecular formula is C8H10BrN. The molecule has 0 aliphatic heterocycles. The summed E-state index contributed by atoms with van der Waals surface area (Å²) in [4.78, 5) is 4.23. The molecule has 54 valence electrons. The second kappa shape index (κ2) is 3.15. The van der Waals surface area contributed by atoms with E-state index in [1.165, 1.54) is 0 Å². The lowest BCUT2D eigenvalue weighted by Gasteiger charge is -2.01. The van der Waals surface area contributed by atoms with Crippen LogP contribution in [0, 0.1) is 0 Å². The van der Waals surface area contributed by atoms with E-state index in [0.29, 0.717) is 5.92 Å². The summed E-state index contributed by atoms with van der Waals surface area (Å²) in [5, 5.41) is 0. The van der Waals surface area contributed by atoms with Gasteiger partial charge in [0.1, 0.15) is 0 Å². The quantitative estimate of drug-likeness (QED) is 0.682. The molecule has 0 atom stereocenters. The van der Waals surface area contributed by atoms with Gasteiger partial charge < -0.3 is 0 Å². The molecule has 0 amide bonds. The maximum atomic E-state index is 4.23. The maximum absolute atomic E-state index is 4.23. The Bertz CT molecular complexity index is 203. The van der Waals surface area contributed by atoms with Crippen molar-refractivity contribution in [2.24, 2.45) is 0 Å². The van der Waals surface area contributed by atoms with Gasteiger partial charge in [-0.1, -0.05) is 13.8 Å². The summed E-state index contributed by atoms with van der Waals surface area (Å²) in [6.07, 6.45) is 1.83. The zero-order valence-electron chi connectivity index (χ0n) is 6.13. The van der Waals surface area contributed by atoms with E-state index in [0.717, 1.165) is 10.2 Å². The fraction of sp³-hybridized carbons (Fsp3) is 0.375. The predicted molar refractivity (Wildman–Crippen MR) is 46.0 cm³/mol. The summed E-state index contributed by atoms with van der Waals surface area (Å²) in [7, 11) is 0. The third kappa shape index (κ3) is 1.81. The van der Waals surface area contributed by atoms with Crippen LogP contribution in [0.1, 0.15) is 25.5 Å². The monoisotopic (exact) mass is 201 g/mol. The second-order valence-electron chi connectivity index (χ2n) is 2.56. The first-order valence-corrected chi connectivity index (χ1v) is 4.11. The largest absolute Gasteiger partial charge is 0.260 e. The lowest BCUT2D eigenvalue weighted by Crippen LogP contribution is -1.89. The lowest BCUT2D eigenvalue weighted by atomic mass is 10.4. The van der Waals surface area contributed by atoms with Gasteiger partial charge in [0.2, 0.25) is 0 Å². The van der Waals surface area contributed by atoms with E-state index >= 15 is 0 Å². The first-order chi connectivity index (χ1) is 4.70. The number of pyridine rings is 1. The van der Waals surface area contributed by atoms with Gasteiger partial charge in [0.15, 0.2) is 0 Å². The minimum atomic E-state index is 0.521. The van der Waals surface area contributed by atoms with Crippen LogP contribution in [0.5, 0.6) is 0 Å². The van der Waals surface area contributed by atoms with E-state index in [-0.39, 0.29) is 0 Å². The summed E-state index contributed by atoms with van der Waals surface area (Å²) >= 11 is 3.33. The van der Waals surface area contributed by atoms with E-state index in [1.807, 2.05) is 18.3 Å². The molecule has 0 aliphatic carbocycles. The average Bonchev–Trinajstić information content (AvgIpc) is 1.88. The van der Waals surface area contributed by atoms with Gasteiger partial charge in [0.25, 0.3) is 0 Å². The molecule has 0 fully saturated rings. The Morgan fingerprint density at radius 1 is 1.40 bits per heavy atom. The van der Waals surface area contributed by atoms with Gasteiger partial charge in [0, 0.05) is 16.4 Å². The molecule has 0 bridgehead atoms. The summed E-state index contributed by atoms with van der Waals surface area (Å²) in [6, 6.07) is 4.05. The maximum Gasteiger partial charge on any atom is 0.0429 e. The van der Waals surface area contributed by atoms with E-state index in [4.69, 9.17) is 0 Å². The molecule has 2 heteroatoms. The molecule has 0 spiro atoms. The third-order valence-corrected chi connectivity index (χ3v) is 1.81. The smallest absolute Gasteiger partial charge is 0.0429 e. The first-order valence-electron chi connectivity index (χ1n) is 3.31. The minimum Gasteiger partial charge on any atom is -0.260 e. The number of rotatable bonds is 1. The highest BCUT2D eigenvalue weighted by molar-refractivity contribution is 9.10. The molecule has 0 saturated heterocycles. The van der Waals surface area contributed by atoms with Crippen LogP contribution < -0.4 is 0 Å². The Kier molecular flexibility index (Phi) is 2.44. The molecule has 0 unspecified atom stereocenters. The minimum absolute atomic E-state index is 0.521. The standard InChI is InChI=1S/C8H10BrN/c1-6(2)8-4-3-7(9)5-10-8/h3-6H,1-2H3/i6+2.